The first-order valence-electron chi connectivity index (χ1n) is 10.6. The second kappa shape index (κ2) is 7.90. The van der Waals surface area contributed by atoms with Crippen LogP contribution in [0, 0.1) is 6.92 Å². The molecular weight excluding hydrogens is 394 g/mol. The third-order valence-corrected chi connectivity index (χ3v) is 6.19. The molecule has 2 aliphatic rings. The summed E-state index contributed by atoms with van der Waals surface area (Å²) in [5.74, 6) is 1.73. The molecule has 3 aromatic heterocycles. The Morgan fingerprint density at radius 2 is 2.06 bits per heavy atom. The van der Waals surface area contributed by atoms with E-state index in [0.29, 0.717) is 26.1 Å². The van der Waals surface area contributed by atoms with Crippen LogP contribution in [0.1, 0.15) is 12.2 Å². The number of nitrogens with one attached hydrogen (secondary N) is 2. The van der Waals surface area contributed by atoms with Gasteiger partial charge >= 0.3 is 0 Å². The molecule has 0 saturated carbocycles. The summed E-state index contributed by atoms with van der Waals surface area (Å²) in [4.78, 5) is 29.0. The summed E-state index contributed by atoms with van der Waals surface area (Å²) in [6, 6.07) is 7.73. The molecule has 0 aliphatic carbocycles. The van der Waals surface area contributed by atoms with Crippen LogP contribution in [0.5, 0.6) is 0 Å². The Kier molecular flexibility index (Phi) is 5.07. The van der Waals surface area contributed by atoms with Crippen molar-refractivity contribution in [1.29, 1.82) is 0 Å². The van der Waals surface area contributed by atoms with Crippen LogP contribution in [0.2, 0.25) is 0 Å². The molecule has 1 amide bonds. The smallest absolute Gasteiger partial charge is 0.239 e. The molecule has 2 N–H and O–H groups in total. The van der Waals surface area contributed by atoms with Gasteiger partial charge in [0.15, 0.2) is 0 Å². The lowest BCUT2D eigenvalue weighted by Crippen LogP contribution is -2.45. The molecule has 9 heteroatoms. The molecule has 2 aliphatic heterocycles. The Morgan fingerprint density at radius 1 is 1.19 bits per heavy atom. The first-order valence-corrected chi connectivity index (χ1v) is 10.6. The van der Waals surface area contributed by atoms with E-state index in [1.165, 1.54) is 0 Å². The number of carbonyl (C=O) groups is 1. The van der Waals surface area contributed by atoms with E-state index in [-0.39, 0.29) is 24.1 Å². The van der Waals surface area contributed by atoms with Crippen LogP contribution in [-0.2, 0) is 16.1 Å². The van der Waals surface area contributed by atoms with Crippen molar-refractivity contribution in [1.82, 2.24) is 29.7 Å². The SMILES string of the molecule is CO[C@H]1CN(C)C(=O)[C@@H]2CC(CN2)Nc2cccc(n2)-c2nccc3nc(C)n(c23)C1. The lowest BCUT2D eigenvalue weighted by atomic mass is 10.1. The summed E-state index contributed by atoms with van der Waals surface area (Å²) in [5.41, 5.74) is 3.38. The van der Waals surface area contributed by atoms with Gasteiger partial charge in [-0.3, -0.25) is 9.78 Å². The predicted octanol–water partition coefficient (Wildman–Crippen LogP) is 1.43. The van der Waals surface area contributed by atoms with E-state index < -0.39 is 0 Å². The van der Waals surface area contributed by atoms with Crippen molar-refractivity contribution in [2.24, 2.45) is 0 Å². The van der Waals surface area contributed by atoms with Crippen molar-refractivity contribution in [3.63, 3.8) is 0 Å². The number of fused-ring (bicyclic) bond motifs is 5. The van der Waals surface area contributed by atoms with E-state index in [2.05, 4.69) is 20.2 Å². The fraction of sp³-hybridized carbons (Fsp3) is 0.455. The molecule has 1 unspecified atom stereocenters. The van der Waals surface area contributed by atoms with Gasteiger partial charge in [0.2, 0.25) is 5.91 Å². The monoisotopic (exact) mass is 421 g/mol. The fourth-order valence-corrected chi connectivity index (χ4v) is 4.57. The number of ether oxygens (including phenoxy) is 1. The Bertz CT molecular complexity index is 1130. The molecule has 5 heterocycles. The molecule has 31 heavy (non-hydrogen) atoms. The first-order chi connectivity index (χ1) is 15.0. The van der Waals surface area contributed by atoms with Gasteiger partial charge in [0.1, 0.15) is 17.3 Å². The van der Waals surface area contributed by atoms with Crippen molar-refractivity contribution < 1.29 is 9.53 Å². The number of aryl methyl sites for hydroxylation is 1. The summed E-state index contributed by atoms with van der Waals surface area (Å²) in [5, 5.41) is 6.82. The van der Waals surface area contributed by atoms with Gasteiger partial charge in [0, 0.05) is 39.5 Å². The number of methoxy groups -OCH3 is 1. The molecule has 4 bridgehead atoms. The quantitative estimate of drug-likeness (QED) is 0.613. The minimum atomic E-state index is -0.214. The zero-order valence-corrected chi connectivity index (χ0v) is 18.0. The normalized spacial score (nSPS) is 24.0. The lowest BCUT2D eigenvalue weighted by Gasteiger charge is -2.26. The van der Waals surface area contributed by atoms with Crippen LogP contribution in [0.4, 0.5) is 5.82 Å². The maximum atomic E-state index is 13.0. The molecule has 1 saturated heterocycles. The van der Waals surface area contributed by atoms with E-state index in [1.54, 1.807) is 18.2 Å². The van der Waals surface area contributed by atoms with Crippen LogP contribution >= 0.6 is 0 Å². The Hall–Kier alpha value is -3.04. The van der Waals surface area contributed by atoms with Crippen LogP contribution in [-0.4, -0.2) is 75.8 Å². The highest BCUT2D eigenvalue weighted by Gasteiger charge is 2.32. The predicted molar refractivity (Wildman–Crippen MR) is 118 cm³/mol. The number of hydrogen-bond acceptors (Lipinski definition) is 7. The molecule has 0 spiro atoms. The summed E-state index contributed by atoms with van der Waals surface area (Å²) in [6.45, 7) is 3.75. The number of nitrogens with zero attached hydrogens (tertiary/aromatic N) is 5. The zero-order chi connectivity index (χ0) is 21.5. The maximum absolute atomic E-state index is 13.0. The summed E-state index contributed by atoms with van der Waals surface area (Å²) >= 11 is 0. The highest BCUT2D eigenvalue weighted by molar-refractivity contribution is 5.89. The van der Waals surface area contributed by atoms with Crippen LogP contribution < -0.4 is 10.6 Å². The molecular formula is C22H27N7O2. The van der Waals surface area contributed by atoms with Gasteiger partial charge in [-0.25, -0.2) is 9.97 Å². The lowest BCUT2D eigenvalue weighted by molar-refractivity contribution is -0.133. The Balaban J connectivity index is 1.66. The molecule has 0 aromatic carbocycles. The number of aromatic nitrogens is 4. The first kappa shape index (κ1) is 19.9. The van der Waals surface area contributed by atoms with Gasteiger partial charge in [0.25, 0.3) is 0 Å². The van der Waals surface area contributed by atoms with Crippen molar-refractivity contribution in [3.8, 4) is 11.4 Å². The number of anilines is 1. The van der Waals surface area contributed by atoms with Gasteiger partial charge in [-0.1, -0.05) is 6.07 Å². The zero-order valence-electron chi connectivity index (χ0n) is 18.0. The molecule has 9 nitrogen and oxygen atoms in total. The number of rotatable bonds is 1. The van der Waals surface area contributed by atoms with Crippen molar-refractivity contribution in [2.45, 2.75) is 38.1 Å². The molecule has 162 valence electrons. The minimum absolute atomic E-state index is 0.0810. The standard InChI is InChI=1S/C22H27N7O2/c1-13-25-17-7-8-23-20-16-5-4-6-19(27-16)26-14-9-18(24-10-14)22(30)28(2)11-15(31-3)12-29(13)21(17)20/h4-8,14-15,18,24H,9-12H2,1-3H3,(H,26,27)/t14?,15-,18-/m0/s1. The van der Waals surface area contributed by atoms with Gasteiger partial charge in [-0.2, -0.15) is 0 Å². The Morgan fingerprint density at radius 3 is 2.90 bits per heavy atom. The number of hydrogen-bond donors (Lipinski definition) is 2. The van der Waals surface area contributed by atoms with Crippen LogP contribution in [0.3, 0.4) is 0 Å². The van der Waals surface area contributed by atoms with E-state index in [4.69, 9.17) is 14.7 Å². The van der Waals surface area contributed by atoms with Gasteiger partial charge in [-0.15, -0.1) is 0 Å². The Labute approximate surface area is 180 Å². The average molecular weight is 422 g/mol. The van der Waals surface area contributed by atoms with E-state index in [0.717, 1.165) is 34.1 Å². The molecule has 5 rings (SSSR count). The average Bonchev–Trinajstić information content (AvgIpc) is 3.36. The summed E-state index contributed by atoms with van der Waals surface area (Å²) < 4.78 is 7.90. The highest BCUT2D eigenvalue weighted by atomic mass is 16.5. The number of carbonyl (C=O) groups excluding carboxylic acids is 1. The molecule has 3 atom stereocenters. The minimum Gasteiger partial charge on any atom is -0.378 e. The second-order valence-electron chi connectivity index (χ2n) is 8.32. The van der Waals surface area contributed by atoms with E-state index >= 15 is 0 Å². The number of pyridine rings is 2. The van der Waals surface area contributed by atoms with Crippen molar-refractivity contribution in [3.05, 3.63) is 36.3 Å². The summed E-state index contributed by atoms with van der Waals surface area (Å²) in [6.07, 6.45) is 2.30. The highest BCUT2D eigenvalue weighted by Crippen LogP contribution is 2.28. The third-order valence-electron chi connectivity index (χ3n) is 6.19. The van der Waals surface area contributed by atoms with Crippen molar-refractivity contribution >= 4 is 22.8 Å². The van der Waals surface area contributed by atoms with Crippen LogP contribution in [0.25, 0.3) is 22.4 Å². The van der Waals surface area contributed by atoms with E-state index in [9.17, 15) is 4.79 Å². The van der Waals surface area contributed by atoms with Crippen LogP contribution in [0.15, 0.2) is 30.5 Å². The fourth-order valence-electron chi connectivity index (χ4n) is 4.57. The van der Waals surface area contributed by atoms with Crippen molar-refractivity contribution in [2.75, 3.05) is 32.6 Å². The molecule has 0 radical (unpaired) electrons. The topological polar surface area (TPSA) is 97.2 Å². The largest absolute Gasteiger partial charge is 0.378 e. The second-order valence-corrected chi connectivity index (χ2v) is 8.32. The van der Waals surface area contributed by atoms with Gasteiger partial charge in [-0.05, 0) is 31.5 Å². The number of imidazole rings is 1. The number of likely N-dealkylation sites (N-methyl/N-ethyl adjacent to an activating group) is 1. The molecule has 1 fully saturated rings. The van der Waals surface area contributed by atoms with Gasteiger partial charge < -0.3 is 24.8 Å². The maximum Gasteiger partial charge on any atom is 0.239 e. The third kappa shape index (κ3) is 3.64. The number of amides is 1. The molecule has 3 aromatic rings. The summed E-state index contributed by atoms with van der Waals surface area (Å²) in [7, 11) is 3.52. The van der Waals surface area contributed by atoms with Gasteiger partial charge in [0.05, 0.1) is 35.4 Å². The van der Waals surface area contributed by atoms with E-state index in [1.807, 2.05) is 38.2 Å².